The minimum absolute atomic E-state index is 0.330. The van der Waals surface area contributed by atoms with Crippen LogP contribution in [0.2, 0.25) is 0 Å². The minimum atomic E-state index is -0.330. The number of nitrogen functional groups attached to an aromatic ring is 1. The van der Waals surface area contributed by atoms with E-state index in [2.05, 4.69) is 5.43 Å². The number of hydrogen-bond donors (Lipinski definition) is 2. The van der Waals surface area contributed by atoms with Gasteiger partial charge in [0.1, 0.15) is 12.0 Å². The van der Waals surface area contributed by atoms with E-state index in [1.165, 1.54) is 6.26 Å². The van der Waals surface area contributed by atoms with Crippen LogP contribution in [0, 0.1) is 0 Å². The molecule has 6 heteroatoms. The predicted octanol–water partition coefficient (Wildman–Crippen LogP) is 1.30. The van der Waals surface area contributed by atoms with Crippen molar-refractivity contribution < 1.29 is 13.9 Å². The second kappa shape index (κ2) is 6.09. The number of nitrogens with two attached hydrogens (primary N) is 1. The van der Waals surface area contributed by atoms with Crippen molar-refractivity contribution in [1.29, 1.82) is 0 Å². The van der Waals surface area contributed by atoms with E-state index in [4.69, 9.17) is 15.0 Å². The van der Waals surface area contributed by atoms with E-state index in [0.29, 0.717) is 11.7 Å². The molecular formula is C11H16N2O3S. The van der Waals surface area contributed by atoms with Crippen molar-refractivity contribution in [3.8, 4) is 0 Å². The molecule has 1 unspecified atom stereocenters. The Bertz CT molecular complexity index is 375. The van der Waals surface area contributed by atoms with Crippen LogP contribution in [0.1, 0.15) is 29.0 Å². The number of carbonyl (C=O) groups excluding carboxylic acids is 1. The Labute approximate surface area is 104 Å². The molecule has 1 aromatic rings. The lowest BCUT2D eigenvalue weighted by Gasteiger charge is -2.06. The minimum Gasteiger partial charge on any atom is -0.468 e. The Morgan fingerprint density at radius 3 is 3.24 bits per heavy atom. The summed E-state index contributed by atoms with van der Waals surface area (Å²) in [6.45, 7) is 0.882. The fraction of sp³-hybridized carbons (Fsp3) is 0.545. The summed E-state index contributed by atoms with van der Waals surface area (Å²) in [4.78, 5) is 11.2. The Balaban J connectivity index is 1.74. The van der Waals surface area contributed by atoms with Crippen LogP contribution in [-0.2, 0) is 10.5 Å². The largest absolute Gasteiger partial charge is 0.468 e. The van der Waals surface area contributed by atoms with Gasteiger partial charge < -0.3 is 9.15 Å². The van der Waals surface area contributed by atoms with Gasteiger partial charge in [0.2, 0.25) is 0 Å². The molecule has 2 heterocycles. The van der Waals surface area contributed by atoms with Crippen LogP contribution in [-0.4, -0.2) is 24.4 Å². The van der Waals surface area contributed by atoms with Gasteiger partial charge in [0.25, 0.3) is 5.91 Å². The molecule has 0 spiro atoms. The fourth-order valence-electron chi connectivity index (χ4n) is 1.73. The van der Waals surface area contributed by atoms with Gasteiger partial charge in [-0.3, -0.25) is 10.2 Å². The second-order valence-electron chi connectivity index (χ2n) is 3.93. The van der Waals surface area contributed by atoms with Gasteiger partial charge >= 0.3 is 0 Å². The number of hydrogen-bond acceptors (Lipinski definition) is 5. The number of thioether (sulfide) groups is 1. The number of nitrogens with one attached hydrogen (secondary N) is 1. The Morgan fingerprint density at radius 2 is 2.53 bits per heavy atom. The van der Waals surface area contributed by atoms with E-state index in [-0.39, 0.29) is 5.91 Å². The van der Waals surface area contributed by atoms with Gasteiger partial charge in [-0.25, -0.2) is 5.84 Å². The van der Waals surface area contributed by atoms with E-state index in [0.717, 1.165) is 36.7 Å². The molecule has 3 N–H and O–H groups in total. The Morgan fingerprint density at radius 1 is 1.65 bits per heavy atom. The summed E-state index contributed by atoms with van der Waals surface area (Å²) in [6.07, 6.45) is 4.10. The zero-order valence-corrected chi connectivity index (χ0v) is 10.3. The molecule has 1 amide bonds. The monoisotopic (exact) mass is 256 g/mol. The number of ether oxygens (including phenoxy) is 1. The third-order valence-corrected chi connectivity index (χ3v) is 3.72. The first kappa shape index (κ1) is 12.5. The third-order valence-electron chi connectivity index (χ3n) is 2.62. The van der Waals surface area contributed by atoms with Crippen molar-refractivity contribution in [2.24, 2.45) is 5.84 Å². The quantitative estimate of drug-likeness (QED) is 0.471. The molecule has 0 saturated carbocycles. The van der Waals surface area contributed by atoms with Crippen LogP contribution < -0.4 is 11.3 Å². The number of furan rings is 1. The van der Waals surface area contributed by atoms with Crippen molar-refractivity contribution in [2.75, 3.05) is 12.4 Å². The molecule has 2 rings (SSSR count). The molecule has 1 fully saturated rings. The second-order valence-corrected chi connectivity index (χ2v) is 4.96. The van der Waals surface area contributed by atoms with Gasteiger partial charge in [0.15, 0.2) is 0 Å². The third kappa shape index (κ3) is 3.49. The first-order valence-electron chi connectivity index (χ1n) is 5.57. The fourth-order valence-corrected chi connectivity index (χ4v) is 2.72. The lowest BCUT2D eigenvalue weighted by Crippen LogP contribution is -2.29. The van der Waals surface area contributed by atoms with Crippen molar-refractivity contribution in [1.82, 2.24) is 5.43 Å². The first-order valence-corrected chi connectivity index (χ1v) is 6.73. The van der Waals surface area contributed by atoms with Gasteiger partial charge in [0, 0.05) is 12.4 Å². The Kier molecular flexibility index (Phi) is 4.47. The predicted molar refractivity (Wildman–Crippen MR) is 65.5 cm³/mol. The average molecular weight is 256 g/mol. The molecule has 1 atom stereocenters. The smallest absolute Gasteiger partial charge is 0.268 e. The van der Waals surface area contributed by atoms with Gasteiger partial charge in [-0.05, 0) is 18.9 Å². The van der Waals surface area contributed by atoms with Gasteiger partial charge in [-0.2, -0.15) is 11.8 Å². The molecule has 0 bridgehead atoms. The van der Waals surface area contributed by atoms with Crippen LogP contribution in [0.4, 0.5) is 0 Å². The van der Waals surface area contributed by atoms with Crippen LogP contribution >= 0.6 is 11.8 Å². The maximum Gasteiger partial charge on any atom is 0.268 e. The molecule has 1 aliphatic heterocycles. The molecule has 1 saturated heterocycles. The Hall–Kier alpha value is -0.980. The van der Waals surface area contributed by atoms with Gasteiger partial charge in [0.05, 0.1) is 17.4 Å². The normalized spacial score (nSPS) is 19.5. The van der Waals surface area contributed by atoms with Crippen LogP contribution in [0.5, 0.6) is 0 Å². The number of hydrazine groups is 1. The highest BCUT2D eigenvalue weighted by molar-refractivity contribution is 7.98. The molecule has 0 radical (unpaired) electrons. The summed E-state index contributed by atoms with van der Waals surface area (Å²) in [6, 6.07) is 1.71. The molecule has 1 aliphatic rings. The molecule has 94 valence electrons. The van der Waals surface area contributed by atoms with Crippen LogP contribution in [0.25, 0.3) is 0 Å². The summed E-state index contributed by atoms with van der Waals surface area (Å²) in [7, 11) is 0. The molecule has 1 aromatic heterocycles. The molecular weight excluding hydrogens is 240 g/mol. The summed E-state index contributed by atoms with van der Waals surface area (Å²) in [5.74, 6) is 7.21. The van der Waals surface area contributed by atoms with Crippen molar-refractivity contribution in [3.63, 3.8) is 0 Å². The number of carbonyl (C=O) groups is 1. The SMILES string of the molecule is NNC(=O)c1coc(CSCC2CCCO2)c1. The van der Waals surface area contributed by atoms with Crippen molar-refractivity contribution in [3.05, 3.63) is 23.7 Å². The molecule has 0 aromatic carbocycles. The topological polar surface area (TPSA) is 77.5 Å². The average Bonchev–Trinajstić information content (AvgIpc) is 2.99. The van der Waals surface area contributed by atoms with Crippen molar-refractivity contribution >= 4 is 17.7 Å². The number of rotatable bonds is 5. The van der Waals surface area contributed by atoms with Crippen molar-refractivity contribution in [2.45, 2.75) is 24.7 Å². The zero-order chi connectivity index (χ0) is 12.1. The summed E-state index contributed by atoms with van der Waals surface area (Å²) < 4.78 is 10.8. The summed E-state index contributed by atoms with van der Waals surface area (Å²) in [5, 5.41) is 0. The lowest BCUT2D eigenvalue weighted by atomic mass is 10.3. The highest BCUT2D eigenvalue weighted by atomic mass is 32.2. The lowest BCUT2D eigenvalue weighted by molar-refractivity contribution is 0.0953. The zero-order valence-electron chi connectivity index (χ0n) is 9.48. The van der Waals surface area contributed by atoms with Gasteiger partial charge in [-0.1, -0.05) is 0 Å². The van der Waals surface area contributed by atoms with E-state index in [1.807, 2.05) is 0 Å². The molecule has 0 aliphatic carbocycles. The maximum absolute atomic E-state index is 11.2. The standard InChI is InChI=1S/C11H16N2O3S/c12-13-11(14)8-4-10(16-5-8)7-17-6-9-2-1-3-15-9/h4-5,9H,1-3,6-7,12H2,(H,13,14). The van der Waals surface area contributed by atoms with E-state index < -0.39 is 0 Å². The van der Waals surface area contributed by atoms with Crippen LogP contribution in [0.15, 0.2) is 16.7 Å². The van der Waals surface area contributed by atoms with E-state index in [9.17, 15) is 4.79 Å². The van der Waals surface area contributed by atoms with E-state index in [1.54, 1.807) is 17.8 Å². The van der Waals surface area contributed by atoms with E-state index >= 15 is 0 Å². The highest BCUT2D eigenvalue weighted by Crippen LogP contribution is 2.21. The maximum atomic E-state index is 11.2. The number of amides is 1. The molecule has 5 nitrogen and oxygen atoms in total. The van der Waals surface area contributed by atoms with Crippen LogP contribution in [0.3, 0.4) is 0 Å². The molecule has 17 heavy (non-hydrogen) atoms. The first-order chi connectivity index (χ1) is 8.29. The highest BCUT2D eigenvalue weighted by Gasteiger charge is 2.15. The van der Waals surface area contributed by atoms with Gasteiger partial charge in [-0.15, -0.1) is 0 Å². The summed E-state index contributed by atoms with van der Waals surface area (Å²) >= 11 is 1.75. The summed E-state index contributed by atoms with van der Waals surface area (Å²) in [5.41, 5.74) is 2.53.